The zero-order valence-corrected chi connectivity index (χ0v) is 12.4. The number of benzene rings is 2. The third kappa shape index (κ3) is 4.28. The number of phenolic OH excluding ortho intramolecular Hbond substituents is 2. The topological polar surface area (TPSA) is 69.6 Å². The Morgan fingerprint density at radius 3 is 2.33 bits per heavy atom. The van der Waals surface area contributed by atoms with Crippen LogP contribution in [0, 0.1) is 0 Å². The third-order valence-corrected chi connectivity index (χ3v) is 3.45. The highest BCUT2D eigenvalue weighted by Gasteiger charge is 2.08. The lowest BCUT2D eigenvalue weighted by Gasteiger charge is -2.08. The molecule has 1 amide bonds. The lowest BCUT2D eigenvalue weighted by Crippen LogP contribution is -2.25. The number of carbonyl (C=O) groups is 1. The van der Waals surface area contributed by atoms with E-state index >= 15 is 0 Å². The van der Waals surface area contributed by atoms with Crippen molar-refractivity contribution < 1.29 is 15.0 Å². The number of amides is 1. The second-order valence-corrected chi connectivity index (χ2v) is 5.32. The second-order valence-electron chi connectivity index (χ2n) is 4.48. The van der Waals surface area contributed by atoms with Gasteiger partial charge in [-0.15, -0.1) is 0 Å². The average Bonchev–Trinajstić information content (AvgIpc) is 2.40. The van der Waals surface area contributed by atoms with Crippen molar-refractivity contribution in [3.05, 3.63) is 57.6 Å². The molecule has 4 nitrogen and oxygen atoms in total. The summed E-state index contributed by atoms with van der Waals surface area (Å²) in [5.74, 6) is -0.715. The van der Waals surface area contributed by atoms with Crippen molar-refractivity contribution in [2.45, 2.75) is 6.42 Å². The van der Waals surface area contributed by atoms with E-state index in [1.807, 2.05) is 0 Å². The monoisotopic (exact) mass is 325 g/mol. The molecule has 0 saturated heterocycles. The molecule has 21 heavy (non-hydrogen) atoms. The van der Waals surface area contributed by atoms with Gasteiger partial charge in [0.15, 0.2) is 0 Å². The highest BCUT2D eigenvalue weighted by Crippen LogP contribution is 2.22. The molecule has 0 atom stereocenters. The SMILES string of the molecule is O=C(NCCc1ccc(Cl)cc1Cl)c1cc(O)cc(O)c1. The number of halogens is 2. The fraction of sp³-hybridized carbons (Fsp3) is 0.133. The molecule has 0 unspecified atom stereocenters. The largest absolute Gasteiger partial charge is 0.508 e. The molecule has 0 aliphatic carbocycles. The van der Waals surface area contributed by atoms with Gasteiger partial charge in [-0.1, -0.05) is 29.3 Å². The molecule has 2 rings (SSSR count). The summed E-state index contributed by atoms with van der Waals surface area (Å²) in [6.07, 6.45) is 0.548. The van der Waals surface area contributed by atoms with E-state index in [0.29, 0.717) is 23.0 Å². The highest BCUT2D eigenvalue weighted by molar-refractivity contribution is 6.35. The first-order valence-corrected chi connectivity index (χ1v) is 6.96. The minimum atomic E-state index is -0.383. The second kappa shape index (κ2) is 6.70. The number of phenols is 2. The van der Waals surface area contributed by atoms with E-state index < -0.39 is 0 Å². The van der Waals surface area contributed by atoms with Crippen LogP contribution in [0.1, 0.15) is 15.9 Å². The minimum Gasteiger partial charge on any atom is -0.508 e. The number of hydrogen-bond acceptors (Lipinski definition) is 3. The van der Waals surface area contributed by atoms with E-state index in [1.54, 1.807) is 18.2 Å². The van der Waals surface area contributed by atoms with Crippen LogP contribution in [0.3, 0.4) is 0 Å². The van der Waals surface area contributed by atoms with Crippen LogP contribution in [-0.2, 0) is 6.42 Å². The Morgan fingerprint density at radius 1 is 1.05 bits per heavy atom. The van der Waals surface area contributed by atoms with Gasteiger partial charge in [-0.2, -0.15) is 0 Å². The summed E-state index contributed by atoms with van der Waals surface area (Å²) >= 11 is 11.8. The first-order valence-electron chi connectivity index (χ1n) is 6.21. The van der Waals surface area contributed by atoms with Crippen molar-refractivity contribution in [3.63, 3.8) is 0 Å². The Kier molecular flexibility index (Phi) is 4.94. The van der Waals surface area contributed by atoms with Crippen LogP contribution >= 0.6 is 23.2 Å². The fourth-order valence-electron chi connectivity index (χ4n) is 1.86. The standard InChI is InChI=1S/C15H13Cl2NO3/c16-11-2-1-9(14(17)7-11)3-4-18-15(21)10-5-12(19)8-13(20)6-10/h1-2,5-8,19-20H,3-4H2,(H,18,21). The summed E-state index contributed by atoms with van der Waals surface area (Å²) < 4.78 is 0. The first-order chi connectivity index (χ1) is 9.95. The molecule has 0 aliphatic rings. The normalized spacial score (nSPS) is 10.4. The molecular formula is C15H13Cl2NO3. The van der Waals surface area contributed by atoms with Crippen LogP contribution in [0.25, 0.3) is 0 Å². The Bertz CT molecular complexity index is 654. The van der Waals surface area contributed by atoms with E-state index in [9.17, 15) is 15.0 Å². The van der Waals surface area contributed by atoms with Gasteiger partial charge in [0.05, 0.1) is 0 Å². The van der Waals surface area contributed by atoms with Crippen LogP contribution < -0.4 is 5.32 Å². The number of carbonyl (C=O) groups excluding carboxylic acids is 1. The number of hydrogen-bond donors (Lipinski definition) is 3. The quantitative estimate of drug-likeness (QED) is 0.807. The molecule has 0 spiro atoms. The van der Waals surface area contributed by atoms with Gasteiger partial charge in [0.25, 0.3) is 5.91 Å². The molecule has 6 heteroatoms. The molecule has 3 N–H and O–H groups in total. The van der Waals surface area contributed by atoms with E-state index in [1.165, 1.54) is 12.1 Å². The summed E-state index contributed by atoms with van der Waals surface area (Å²) in [4.78, 5) is 11.9. The van der Waals surface area contributed by atoms with Crippen LogP contribution in [0.2, 0.25) is 10.0 Å². The molecule has 0 aliphatic heterocycles. The van der Waals surface area contributed by atoms with Crippen molar-refractivity contribution in [1.29, 1.82) is 0 Å². The molecule has 0 heterocycles. The van der Waals surface area contributed by atoms with Crippen LogP contribution in [-0.4, -0.2) is 22.7 Å². The highest BCUT2D eigenvalue weighted by atomic mass is 35.5. The molecule has 110 valence electrons. The zero-order valence-electron chi connectivity index (χ0n) is 10.9. The fourth-order valence-corrected chi connectivity index (χ4v) is 2.37. The molecule has 0 saturated carbocycles. The predicted molar refractivity (Wildman–Crippen MR) is 82.3 cm³/mol. The van der Waals surface area contributed by atoms with Crippen molar-refractivity contribution in [2.24, 2.45) is 0 Å². The minimum absolute atomic E-state index is 0.166. The van der Waals surface area contributed by atoms with Crippen molar-refractivity contribution in [3.8, 4) is 11.5 Å². The Hall–Kier alpha value is -1.91. The average molecular weight is 326 g/mol. The Labute approximate surface area is 131 Å². The summed E-state index contributed by atoms with van der Waals surface area (Å²) in [7, 11) is 0. The maximum atomic E-state index is 11.9. The summed E-state index contributed by atoms with van der Waals surface area (Å²) in [6, 6.07) is 8.90. The van der Waals surface area contributed by atoms with Crippen LogP contribution in [0.5, 0.6) is 11.5 Å². The number of rotatable bonds is 4. The van der Waals surface area contributed by atoms with E-state index in [-0.39, 0.29) is 23.0 Å². The molecule has 2 aromatic rings. The van der Waals surface area contributed by atoms with Crippen molar-refractivity contribution in [1.82, 2.24) is 5.32 Å². The molecule has 0 aromatic heterocycles. The summed E-state index contributed by atoms with van der Waals surface area (Å²) in [6.45, 7) is 0.372. The van der Waals surface area contributed by atoms with Gasteiger partial charge in [-0.3, -0.25) is 4.79 Å². The number of nitrogens with one attached hydrogen (secondary N) is 1. The first kappa shape index (κ1) is 15.5. The van der Waals surface area contributed by atoms with Gasteiger partial charge in [-0.25, -0.2) is 0 Å². The Balaban J connectivity index is 1.95. The summed E-state index contributed by atoms with van der Waals surface area (Å²) in [5.41, 5.74) is 1.06. The molecule has 0 bridgehead atoms. The van der Waals surface area contributed by atoms with Crippen LogP contribution in [0.15, 0.2) is 36.4 Å². The predicted octanol–water partition coefficient (Wildman–Crippen LogP) is 3.38. The van der Waals surface area contributed by atoms with Gasteiger partial charge < -0.3 is 15.5 Å². The van der Waals surface area contributed by atoms with Gasteiger partial charge in [-0.05, 0) is 36.2 Å². The van der Waals surface area contributed by atoms with Crippen molar-refractivity contribution in [2.75, 3.05) is 6.54 Å². The molecule has 0 fully saturated rings. The molecule has 0 radical (unpaired) electrons. The zero-order chi connectivity index (χ0) is 15.4. The molecule has 2 aromatic carbocycles. The smallest absolute Gasteiger partial charge is 0.251 e. The molecular weight excluding hydrogens is 313 g/mol. The van der Waals surface area contributed by atoms with E-state index in [0.717, 1.165) is 11.6 Å². The van der Waals surface area contributed by atoms with Crippen LogP contribution in [0.4, 0.5) is 0 Å². The van der Waals surface area contributed by atoms with Gasteiger partial charge >= 0.3 is 0 Å². The maximum Gasteiger partial charge on any atom is 0.251 e. The Morgan fingerprint density at radius 2 is 1.71 bits per heavy atom. The third-order valence-electron chi connectivity index (χ3n) is 2.86. The maximum absolute atomic E-state index is 11.9. The van der Waals surface area contributed by atoms with E-state index in [4.69, 9.17) is 23.2 Å². The van der Waals surface area contributed by atoms with Gasteiger partial charge in [0, 0.05) is 28.2 Å². The van der Waals surface area contributed by atoms with Gasteiger partial charge in [0.2, 0.25) is 0 Å². The van der Waals surface area contributed by atoms with Crippen molar-refractivity contribution >= 4 is 29.1 Å². The van der Waals surface area contributed by atoms with Gasteiger partial charge in [0.1, 0.15) is 11.5 Å². The van der Waals surface area contributed by atoms with E-state index in [2.05, 4.69) is 5.32 Å². The lowest BCUT2D eigenvalue weighted by atomic mass is 10.1. The lowest BCUT2D eigenvalue weighted by molar-refractivity contribution is 0.0953. The number of aromatic hydroxyl groups is 2. The summed E-state index contributed by atoms with van der Waals surface area (Å²) in [5, 5.41) is 22.5.